The molecule has 7 nitrogen and oxygen atoms in total. The zero-order valence-electron chi connectivity index (χ0n) is 18.5. The van der Waals surface area contributed by atoms with Crippen LogP contribution in [0.15, 0.2) is 72.3 Å². The summed E-state index contributed by atoms with van der Waals surface area (Å²) >= 11 is 6.18. The van der Waals surface area contributed by atoms with Crippen molar-refractivity contribution in [2.45, 2.75) is 13.5 Å². The zero-order chi connectivity index (χ0) is 24.2. The van der Waals surface area contributed by atoms with E-state index in [0.29, 0.717) is 22.1 Å². The van der Waals surface area contributed by atoms with Gasteiger partial charge in [-0.3, -0.25) is 14.9 Å². The average Bonchev–Trinajstić information content (AvgIpc) is 2.83. The molecule has 0 unspecified atom stereocenters. The van der Waals surface area contributed by atoms with Crippen molar-refractivity contribution >= 4 is 41.2 Å². The molecule has 34 heavy (non-hydrogen) atoms. The lowest BCUT2D eigenvalue weighted by atomic mass is 10.1. The van der Waals surface area contributed by atoms with E-state index in [4.69, 9.17) is 21.1 Å². The number of imide groups is 2. The molecule has 1 fully saturated rings. The quantitative estimate of drug-likeness (QED) is 0.404. The fourth-order valence-electron chi connectivity index (χ4n) is 3.39. The Morgan fingerprint density at radius 1 is 1.00 bits per heavy atom. The minimum Gasteiger partial charge on any atom is -0.497 e. The molecule has 1 saturated heterocycles. The molecular formula is C26H21ClN2O5. The monoisotopic (exact) mass is 476 g/mol. The fourth-order valence-corrected chi connectivity index (χ4v) is 3.56. The number of carbonyl (C=O) groups excluding carboxylic acids is 3. The number of hydrogen-bond donors (Lipinski definition) is 1. The molecule has 0 bridgehead atoms. The van der Waals surface area contributed by atoms with E-state index in [0.717, 1.165) is 16.0 Å². The van der Waals surface area contributed by atoms with Gasteiger partial charge >= 0.3 is 6.03 Å². The maximum absolute atomic E-state index is 13.2. The number of nitrogens with one attached hydrogen (secondary N) is 1. The number of methoxy groups -OCH3 is 1. The van der Waals surface area contributed by atoms with Gasteiger partial charge in [0.1, 0.15) is 23.7 Å². The summed E-state index contributed by atoms with van der Waals surface area (Å²) in [5.41, 5.74) is 2.26. The molecule has 1 aliphatic rings. The number of barbiturate groups is 1. The summed E-state index contributed by atoms with van der Waals surface area (Å²) in [6.45, 7) is 2.08. The highest BCUT2D eigenvalue weighted by Crippen LogP contribution is 2.30. The summed E-state index contributed by atoms with van der Waals surface area (Å²) in [6, 6.07) is 18.5. The van der Waals surface area contributed by atoms with E-state index in [9.17, 15) is 14.4 Å². The molecule has 1 heterocycles. The van der Waals surface area contributed by atoms with Crippen LogP contribution in [0.3, 0.4) is 0 Å². The Bertz CT molecular complexity index is 1300. The van der Waals surface area contributed by atoms with E-state index in [1.54, 1.807) is 37.3 Å². The Morgan fingerprint density at radius 2 is 1.76 bits per heavy atom. The van der Waals surface area contributed by atoms with Crippen LogP contribution in [0.1, 0.15) is 16.7 Å². The van der Waals surface area contributed by atoms with Crippen LogP contribution < -0.4 is 19.7 Å². The topological polar surface area (TPSA) is 84.9 Å². The van der Waals surface area contributed by atoms with E-state index in [-0.39, 0.29) is 17.9 Å². The second-order valence-corrected chi connectivity index (χ2v) is 7.98. The van der Waals surface area contributed by atoms with Gasteiger partial charge in [-0.25, -0.2) is 9.69 Å². The Kier molecular flexibility index (Phi) is 6.65. The molecule has 8 heteroatoms. The fraction of sp³-hybridized carbons (Fsp3) is 0.115. The van der Waals surface area contributed by atoms with E-state index in [2.05, 4.69) is 5.32 Å². The SMILES string of the molecule is COc1ccc(/C=C2\C(=O)NC(=O)N(c3ccc(C)c(Cl)c3)C2=O)c(OCc2ccccc2)c1. The van der Waals surface area contributed by atoms with Crippen LogP contribution in [-0.4, -0.2) is 25.0 Å². The van der Waals surface area contributed by atoms with Crippen LogP contribution in [0.25, 0.3) is 6.08 Å². The summed E-state index contributed by atoms with van der Waals surface area (Å²) in [5.74, 6) is -0.596. The van der Waals surface area contributed by atoms with Gasteiger partial charge in [0.2, 0.25) is 0 Å². The summed E-state index contributed by atoms with van der Waals surface area (Å²) in [5, 5.41) is 2.61. The second kappa shape index (κ2) is 9.80. The predicted molar refractivity (Wildman–Crippen MR) is 129 cm³/mol. The lowest BCUT2D eigenvalue weighted by Gasteiger charge is -2.26. The van der Waals surface area contributed by atoms with Crippen LogP contribution in [-0.2, 0) is 16.2 Å². The van der Waals surface area contributed by atoms with Crippen LogP contribution in [0.5, 0.6) is 11.5 Å². The summed E-state index contributed by atoms with van der Waals surface area (Å²) in [6.07, 6.45) is 1.40. The highest BCUT2D eigenvalue weighted by molar-refractivity contribution is 6.39. The number of carbonyl (C=O) groups is 3. The molecule has 0 aromatic heterocycles. The molecule has 172 valence electrons. The Balaban J connectivity index is 1.70. The Morgan fingerprint density at radius 3 is 2.47 bits per heavy atom. The number of urea groups is 1. The number of halogens is 1. The van der Waals surface area contributed by atoms with E-state index in [1.165, 1.54) is 19.3 Å². The number of amides is 4. The molecule has 0 radical (unpaired) electrons. The number of rotatable bonds is 6. The first-order valence-corrected chi connectivity index (χ1v) is 10.8. The van der Waals surface area contributed by atoms with Gasteiger partial charge < -0.3 is 9.47 Å². The Labute approximate surface area is 201 Å². The number of ether oxygens (including phenoxy) is 2. The summed E-state index contributed by atoms with van der Waals surface area (Å²) in [4.78, 5) is 39.2. The molecule has 1 N–H and O–H groups in total. The molecule has 0 aliphatic carbocycles. The van der Waals surface area contributed by atoms with Gasteiger partial charge in [-0.15, -0.1) is 0 Å². The maximum atomic E-state index is 13.2. The minimum atomic E-state index is -0.845. The number of benzene rings is 3. The van der Waals surface area contributed by atoms with Gasteiger partial charge in [0.25, 0.3) is 11.8 Å². The molecule has 1 aliphatic heterocycles. The first kappa shape index (κ1) is 23.1. The number of anilines is 1. The highest BCUT2D eigenvalue weighted by Gasteiger charge is 2.37. The first-order chi connectivity index (χ1) is 16.4. The number of hydrogen-bond acceptors (Lipinski definition) is 5. The molecule has 0 atom stereocenters. The Hall–Kier alpha value is -4.10. The van der Waals surface area contributed by atoms with Crippen LogP contribution in [0, 0.1) is 6.92 Å². The normalized spacial score (nSPS) is 14.9. The van der Waals surface area contributed by atoms with Crippen LogP contribution in [0.4, 0.5) is 10.5 Å². The molecule has 0 spiro atoms. The van der Waals surface area contributed by atoms with Crippen molar-refractivity contribution < 1.29 is 23.9 Å². The lowest BCUT2D eigenvalue weighted by Crippen LogP contribution is -2.54. The standard InChI is InChI=1S/C26H21ClN2O5/c1-16-8-10-19(13-22(16)27)29-25(31)21(24(30)28-26(29)32)12-18-9-11-20(33-2)14-23(18)34-15-17-6-4-3-5-7-17/h3-14H,15H2,1-2H3,(H,28,30,32)/b21-12+. The van der Waals surface area contributed by atoms with Gasteiger partial charge in [0, 0.05) is 16.7 Å². The van der Waals surface area contributed by atoms with Crippen molar-refractivity contribution in [3.63, 3.8) is 0 Å². The minimum absolute atomic E-state index is 0.217. The highest BCUT2D eigenvalue weighted by atomic mass is 35.5. The molecule has 0 saturated carbocycles. The van der Waals surface area contributed by atoms with Crippen molar-refractivity contribution in [1.82, 2.24) is 5.32 Å². The molecule has 4 rings (SSSR count). The lowest BCUT2D eigenvalue weighted by molar-refractivity contribution is -0.122. The number of aryl methyl sites for hydroxylation is 1. The molecule has 3 aromatic carbocycles. The zero-order valence-corrected chi connectivity index (χ0v) is 19.3. The van der Waals surface area contributed by atoms with Crippen molar-refractivity contribution in [3.05, 3.63) is 94.0 Å². The van der Waals surface area contributed by atoms with Crippen molar-refractivity contribution in [2.75, 3.05) is 12.0 Å². The third-order valence-electron chi connectivity index (χ3n) is 5.27. The van der Waals surface area contributed by atoms with Crippen molar-refractivity contribution in [2.24, 2.45) is 0 Å². The van der Waals surface area contributed by atoms with Crippen LogP contribution in [0.2, 0.25) is 5.02 Å². The largest absolute Gasteiger partial charge is 0.497 e. The number of nitrogens with zero attached hydrogens (tertiary/aromatic N) is 1. The smallest absolute Gasteiger partial charge is 0.335 e. The average molecular weight is 477 g/mol. The van der Waals surface area contributed by atoms with Crippen LogP contribution >= 0.6 is 11.6 Å². The molecular weight excluding hydrogens is 456 g/mol. The first-order valence-electron chi connectivity index (χ1n) is 10.4. The van der Waals surface area contributed by atoms with E-state index in [1.807, 2.05) is 30.3 Å². The molecule has 3 aromatic rings. The predicted octanol–water partition coefficient (Wildman–Crippen LogP) is 4.90. The summed E-state index contributed by atoms with van der Waals surface area (Å²) in [7, 11) is 1.53. The molecule has 4 amide bonds. The van der Waals surface area contributed by atoms with E-state index < -0.39 is 17.8 Å². The maximum Gasteiger partial charge on any atom is 0.335 e. The van der Waals surface area contributed by atoms with Gasteiger partial charge in [-0.05, 0) is 48.4 Å². The second-order valence-electron chi connectivity index (χ2n) is 7.57. The van der Waals surface area contributed by atoms with Gasteiger partial charge in [-0.1, -0.05) is 48.0 Å². The van der Waals surface area contributed by atoms with Gasteiger partial charge in [0.05, 0.1) is 12.8 Å². The van der Waals surface area contributed by atoms with Gasteiger partial charge in [-0.2, -0.15) is 0 Å². The van der Waals surface area contributed by atoms with E-state index >= 15 is 0 Å². The summed E-state index contributed by atoms with van der Waals surface area (Å²) < 4.78 is 11.3. The third kappa shape index (κ3) is 4.79. The van der Waals surface area contributed by atoms with Crippen molar-refractivity contribution in [3.8, 4) is 11.5 Å². The van der Waals surface area contributed by atoms with Gasteiger partial charge in [0.15, 0.2) is 0 Å². The van der Waals surface area contributed by atoms with Crippen molar-refractivity contribution in [1.29, 1.82) is 0 Å². The third-order valence-corrected chi connectivity index (χ3v) is 5.68.